The van der Waals surface area contributed by atoms with Gasteiger partial charge in [-0.2, -0.15) is 0 Å². The van der Waals surface area contributed by atoms with Crippen LogP contribution in [0.1, 0.15) is 282 Å². The van der Waals surface area contributed by atoms with E-state index in [1.165, 1.54) is 224 Å². The van der Waals surface area contributed by atoms with E-state index in [4.69, 9.17) is 0 Å². The summed E-state index contributed by atoms with van der Waals surface area (Å²) in [5, 5.41) is 2.87. The van der Waals surface area contributed by atoms with Crippen LogP contribution >= 0.6 is 0 Å². The number of aryl methyl sites for hydroxylation is 2. The number of rotatable bonds is 41. The zero-order valence-electron chi connectivity index (χ0n) is 42.7. The second-order valence-corrected chi connectivity index (χ2v) is 20.0. The van der Waals surface area contributed by atoms with Gasteiger partial charge in [0, 0.05) is 0 Å². The molecule has 0 N–H and O–H groups in total. The molecular formula is C60H102N2Ni. The van der Waals surface area contributed by atoms with Crippen LogP contribution in [0.2, 0.25) is 10.8 Å². The van der Waals surface area contributed by atoms with E-state index in [1.807, 2.05) is 14.4 Å². The maximum atomic E-state index is 9.35. The molecule has 0 amide bonds. The van der Waals surface area contributed by atoms with Gasteiger partial charge in [-0.1, -0.05) is 141 Å². The van der Waals surface area contributed by atoms with Gasteiger partial charge in [0.15, 0.2) is 0 Å². The molecule has 2 aromatic carbocycles. The van der Waals surface area contributed by atoms with Crippen molar-refractivity contribution in [2.24, 2.45) is 0 Å². The minimum atomic E-state index is 0.879. The van der Waals surface area contributed by atoms with Crippen LogP contribution in [0.3, 0.4) is 0 Å². The summed E-state index contributed by atoms with van der Waals surface area (Å²) in [5.41, 5.74) is 18.0. The molecule has 0 aliphatic carbocycles. The van der Waals surface area contributed by atoms with E-state index in [0.29, 0.717) is 0 Å². The molecule has 362 valence electrons. The summed E-state index contributed by atoms with van der Waals surface area (Å²) in [7, 11) is 0. The third-order valence-corrected chi connectivity index (χ3v) is 14.2. The Kier molecular flexibility index (Phi) is 42.0. The molecule has 3 heteroatoms. The smallest absolute Gasteiger partial charge is 0.0654 e. The van der Waals surface area contributed by atoms with Crippen LogP contribution in [0.25, 0.3) is 11.1 Å². The van der Waals surface area contributed by atoms with Gasteiger partial charge in [-0.25, -0.2) is 0 Å². The Bertz CT molecular complexity index is 1400. The fraction of sp³-hybridized carbons (Fsp3) is 0.733. The molecule has 0 saturated heterocycles. The van der Waals surface area contributed by atoms with E-state index >= 15 is 0 Å². The summed E-state index contributed by atoms with van der Waals surface area (Å²) in [6.07, 6.45) is 49.5. The van der Waals surface area contributed by atoms with Gasteiger partial charge in [0.05, 0.1) is 5.57 Å². The first kappa shape index (κ1) is 58.8. The van der Waals surface area contributed by atoms with Gasteiger partial charge in [-0.15, -0.1) is 4.79 Å². The number of unbranched alkanes of at least 4 members (excludes halogenated alkanes) is 28. The molecule has 0 radical (unpaired) electrons. The van der Waals surface area contributed by atoms with Crippen molar-refractivity contribution in [2.75, 3.05) is 0 Å². The van der Waals surface area contributed by atoms with E-state index < -0.39 is 0 Å². The number of hydrogen-bond donors (Lipinski definition) is 0. The molecule has 2 nitrogen and oxygen atoms in total. The Morgan fingerprint density at radius 3 is 1.22 bits per heavy atom. The van der Waals surface area contributed by atoms with Crippen molar-refractivity contribution in [3.63, 3.8) is 0 Å². The maximum absolute atomic E-state index is 9.35. The molecule has 63 heavy (non-hydrogen) atoms. The minimum absolute atomic E-state index is 0.879. The molecule has 0 atom stereocenters. The molecule has 0 bridgehead atoms. The summed E-state index contributed by atoms with van der Waals surface area (Å²) in [4.78, 5) is 3.33. The third-order valence-electron chi connectivity index (χ3n) is 12.8. The zero-order chi connectivity index (χ0) is 45.7. The Morgan fingerprint density at radius 1 is 0.429 bits per heavy atom. The topological polar surface area (TPSA) is 36.4 Å². The first-order valence-corrected chi connectivity index (χ1v) is 28.8. The van der Waals surface area contributed by atoms with Crippen LogP contribution in [0.15, 0.2) is 59.7 Å². The fourth-order valence-electron chi connectivity index (χ4n) is 8.62. The van der Waals surface area contributed by atoms with E-state index in [-0.39, 0.29) is 0 Å². The normalized spacial score (nSPS) is 11.5. The van der Waals surface area contributed by atoms with Crippen LogP contribution in [-0.2, 0) is 27.3 Å². The van der Waals surface area contributed by atoms with Gasteiger partial charge in [-0.05, 0) is 71.9 Å². The predicted molar refractivity (Wildman–Crippen MR) is 279 cm³/mol. The number of allylic oxidation sites excluding steroid dienone is 2. The Hall–Kier alpha value is -2.17. The summed E-state index contributed by atoms with van der Waals surface area (Å²) >= 11 is 2.04. The SMILES string of the molecule is CCCCC(=C=[N+]=[N-])C(CCCC)=C(c1ccc(CC)cc1)c1cccc(CC)c1.CCCCCCCCCCCCCCC[CH2][Ni][CH2]CCCCCCCCCCCCCCC. The number of benzene rings is 2. The molecule has 0 unspecified atom stereocenters. The molecule has 0 fully saturated rings. The Morgan fingerprint density at radius 2 is 0.825 bits per heavy atom. The quantitative estimate of drug-likeness (QED) is 0.0159. The molecule has 0 spiro atoms. The Balaban J connectivity index is 0.000000632. The molecule has 2 aromatic rings. The summed E-state index contributed by atoms with van der Waals surface area (Å²) < 4.78 is 0. The molecule has 2 rings (SSSR count). The fourth-order valence-corrected chi connectivity index (χ4v) is 9.86. The van der Waals surface area contributed by atoms with Gasteiger partial charge in [-0.3, -0.25) is 0 Å². The van der Waals surface area contributed by atoms with Crippen LogP contribution in [0, 0.1) is 0 Å². The van der Waals surface area contributed by atoms with Gasteiger partial charge in [0.25, 0.3) is 0 Å². The van der Waals surface area contributed by atoms with Gasteiger partial charge >= 0.3 is 172 Å². The van der Waals surface area contributed by atoms with E-state index in [1.54, 1.807) is 0 Å². The van der Waals surface area contributed by atoms with E-state index in [9.17, 15) is 5.53 Å². The average Bonchev–Trinajstić information content (AvgIpc) is 3.31. The van der Waals surface area contributed by atoms with Crippen molar-refractivity contribution >= 4 is 11.4 Å². The first-order valence-electron chi connectivity index (χ1n) is 27.4. The second kappa shape index (κ2) is 45.0. The van der Waals surface area contributed by atoms with Crippen LogP contribution in [0.4, 0.5) is 0 Å². The third kappa shape index (κ3) is 32.2. The van der Waals surface area contributed by atoms with Crippen molar-refractivity contribution in [3.05, 3.63) is 87.5 Å². The summed E-state index contributed by atoms with van der Waals surface area (Å²) in [5.74, 6) is 2.94. The van der Waals surface area contributed by atoms with Crippen molar-refractivity contribution in [3.8, 4) is 0 Å². The number of hydrogen-bond acceptors (Lipinski definition) is 0. The van der Waals surface area contributed by atoms with Gasteiger partial charge in [0.2, 0.25) is 0 Å². The van der Waals surface area contributed by atoms with Crippen LogP contribution in [0.5, 0.6) is 0 Å². The van der Waals surface area contributed by atoms with Gasteiger partial charge < -0.3 is 5.53 Å². The molecule has 0 heterocycles. The van der Waals surface area contributed by atoms with Crippen LogP contribution < -0.4 is 0 Å². The van der Waals surface area contributed by atoms with Crippen molar-refractivity contribution < 1.29 is 19.2 Å². The average molecular weight is 910 g/mol. The first-order chi connectivity index (χ1) is 31.1. The van der Waals surface area contributed by atoms with Crippen molar-refractivity contribution in [1.82, 2.24) is 0 Å². The van der Waals surface area contributed by atoms with Gasteiger partial charge in [0.1, 0.15) is 0 Å². The molecule has 0 aromatic heterocycles. The minimum Gasteiger partial charge on any atom is -0.0654 e. The second-order valence-electron chi connectivity index (χ2n) is 18.5. The molecular weight excluding hydrogens is 807 g/mol. The molecule has 0 aliphatic rings. The summed E-state index contributed by atoms with van der Waals surface area (Å²) in [6, 6.07) is 17.8. The number of nitrogens with zero attached hydrogens (tertiary/aromatic N) is 2. The predicted octanol–water partition coefficient (Wildman–Crippen LogP) is 20.7. The Labute approximate surface area is 399 Å². The summed E-state index contributed by atoms with van der Waals surface area (Å²) in [6.45, 7) is 13.4. The van der Waals surface area contributed by atoms with E-state index in [2.05, 4.69) is 101 Å². The standard InChI is InChI=1S/C28H36N2.2C16H33.Ni/c1-5-9-13-26(21-30-29)27(15-10-6-2)28(24-18-16-22(7-3)17-19-24)25-14-11-12-23(8-4)20-25;2*1-3-5-7-9-11-13-15-16-14-12-10-8-6-4-2;/h11-12,14,16-20H,5-10,13,15H2,1-4H3;2*1,3-16H2,2H3;. The molecule has 0 saturated carbocycles. The van der Waals surface area contributed by atoms with E-state index in [0.717, 1.165) is 56.9 Å². The zero-order valence-corrected chi connectivity index (χ0v) is 43.7. The van der Waals surface area contributed by atoms with Crippen molar-refractivity contribution in [1.29, 1.82) is 0 Å². The van der Waals surface area contributed by atoms with Crippen molar-refractivity contribution in [2.45, 2.75) is 283 Å². The van der Waals surface area contributed by atoms with Crippen LogP contribution in [-0.4, -0.2) is 10.7 Å². The molecule has 0 aliphatic heterocycles. The monoisotopic (exact) mass is 909 g/mol.